The van der Waals surface area contributed by atoms with Gasteiger partial charge in [0.15, 0.2) is 0 Å². The minimum absolute atomic E-state index is 0.0599. The number of carbonyl (C=O) groups is 4. The summed E-state index contributed by atoms with van der Waals surface area (Å²) < 4.78 is 0. The van der Waals surface area contributed by atoms with Crippen molar-refractivity contribution in [3.63, 3.8) is 0 Å². The Hall–Kier alpha value is -1.98. The highest BCUT2D eigenvalue weighted by Gasteiger charge is 2.35. The molecule has 34 heavy (non-hydrogen) atoms. The van der Waals surface area contributed by atoms with Crippen LogP contribution in [-0.4, -0.2) is 33.7 Å². The van der Waals surface area contributed by atoms with Crippen LogP contribution in [0.5, 0.6) is 0 Å². The normalized spacial score (nSPS) is 26.0. The molecule has 2 rings (SSSR count). The molecule has 6 nitrogen and oxygen atoms in total. The van der Waals surface area contributed by atoms with Crippen molar-refractivity contribution in [2.24, 2.45) is 34.5 Å². The van der Waals surface area contributed by atoms with Gasteiger partial charge in [0, 0.05) is 23.7 Å². The molecule has 0 aromatic rings. The molecule has 0 saturated heterocycles. The average Bonchev–Trinajstić information content (AvgIpc) is 3.29. The van der Waals surface area contributed by atoms with Crippen LogP contribution in [0.3, 0.4) is 0 Å². The van der Waals surface area contributed by atoms with Gasteiger partial charge in [-0.2, -0.15) is 0 Å². The lowest BCUT2D eigenvalue weighted by Gasteiger charge is -2.19. The highest BCUT2D eigenvalue weighted by molar-refractivity contribution is 5.88. The fourth-order valence-electron chi connectivity index (χ4n) is 5.29. The molecule has 0 radical (unpaired) electrons. The van der Waals surface area contributed by atoms with Crippen LogP contribution in [-0.2, 0) is 19.2 Å². The first-order chi connectivity index (χ1) is 15.8. The van der Waals surface area contributed by atoms with Crippen LogP contribution in [0, 0.1) is 34.5 Å². The summed E-state index contributed by atoms with van der Waals surface area (Å²) in [6.07, 6.45) is 13.6. The molecule has 2 fully saturated rings. The molecule has 0 aliphatic heterocycles. The van der Waals surface area contributed by atoms with E-state index in [2.05, 4.69) is 0 Å². The summed E-state index contributed by atoms with van der Waals surface area (Å²) >= 11 is 0. The van der Waals surface area contributed by atoms with E-state index in [1.165, 1.54) is 0 Å². The number of hydrogen-bond acceptors (Lipinski definition) is 4. The van der Waals surface area contributed by atoms with E-state index in [-0.39, 0.29) is 35.2 Å². The summed E-state index contributed by atoms with van der Waals surface area (Å²) in [7, 11) is 0. The van der Waals surface area contributed by atoms with Gasteiger partial charge in [0.2, 0.25) is 0 Å². The molecular weight excluding hydrogens is 432 g/mol. The Balaban J connectivity index is 1.71. The third kappa shape index (κ3) is 7.78. The Bertz CT molecular complexity index is 714. The van der Waals surface area contributed by atoms with Crippen molar-refractivity contribution in [1.82, 2.24) is 0 Å². The third-order valence-corrected chi connectivity index (χ3v) is 8.13. The van der Waals surface area contributed by atoms with Crippen LogP contribution in [0.2, 0.25) is 0 Å². The van der Waals surface area contributed by atoms with E-state index in [4.69, 9.17) is 0 Å². The van der Waals surface area contributed by atoms with E-state index in [0.29, 0.717) is 12.8 Å². The van der Waals surface area contributed by atoms with E-state index < -0.39 is 22.8 Å². The van der Waals surface area contributed by atoms with Crippen LogP contribution in [0.25, 0.3) is 0 Å². The molecule has 0 bridgehead atoms. The summed E-state index contributed by atoms with van der Waals surface area (Å²) in [6.45, 7) is 6.97. The first-order valence-electron chi connectivity index (χ1n) is 13.1. The number of aliphatic carboxylic acids is 2. The van der Waals surface area contributed by atoms with Crippen molar-refractivity contribution in [3.8, 4) is 0 Å². The number of unbranched alkanes of at least 4 members (excludes halogenated alkanes) is 2. The number of carboxylic acids is 2. The maximum atomic E-state index is 12.8. The number of rotatable bonds is 14. The second-order valence-corrected chi connectivity index (χ2v) is 11.8. The number of hydrogen-bond donors (Lipinski definition) is 2. The standard InChI is InChI=1S/C28H44O6/c1-27(2,25(31)32)17-7-5-9-19-11-13-21(23(19)29)15-16-22-14-12-20(24(22)30)10-6-8-18-28(3,4)26(33)34/h15-16,19-22H,5-14,17-18H2,1-4H3,(H,31,32)(H,33,34)/b16-15+. The Morgan fingerprint density at radius 1 is 0.706 bits per heavy atom. The molecule has 0 heterocycles. The summed E-state index contributed by atoms with van der Waals surface area (Å²) in [6, 6.07) is 0. The quantitative estimate of drug-likeness (QED) is 0.232. The van der Waals surface area contributed by atoms with Crippen LogP contribution < -0.4 is 0 Å². The van der Waals surface area contributed by atoms with Gasteiger partial charge < -0.3 is 10.2 Å². The number of Topliss-reactive ketones (excluding diaryl/α,β-unsaturated/α-hetero) is 2. The largest absolute Gasteiger partial charge is 0.481 e. The molecule has 0 aromatic heterocycles. The molecule has 192 valence electrons. The molecule has 2 aliphatic carbocycles. The molecule has 2 N–H and O–H groups in total. The Morgan fingerprint density at radius 3 is 1.38 bits per heavy atom. The smallest absolute Gasteiger partial charge is 0.309 e. The minimum Gasteiger partial charge on any atom is -0.481 e. The topological polar surface area (TPSA) is 109 Å². The summed E-state index contributed by atoms with van der Waals surface area (Å²) in [5, 5.41) is 18.4. The highest BCUT2D eigenvalue weighted by Crippen LogP contribution is 2.36. The first kappa shape index (κ1) is 28.3. The van der Waals surface area contributed by atoms with Crippen molar-refractivity contribution in [3.05, 3.63) is 12.2 Å². The van der Waals surface area contributed by atoms with Crippen LogP contribution in [0.15, 0.2) is 12.2 Å². The number of allylic oxidation sites excluding steroid dienone is 2. The summed E-state index contributed by atoms with van der Waals surface area (Å²) in [5.74, 6) is -1.07. The summed E-state index contributed by atoms with van der Waals surface area (Å²) in [5.41, 5.74) is -1.43. The molecule has 0 spiro atoms. The fraction of sp³-hybridized carbons (Fsp3) is 0.786. The van der Waals surface area contributed by atoms with E-state index in [9.17, 15) is 29.4 Å². The van der Waals surface area contributed by atoms with Crippen LogP contribution in [0.4, 0.5) is 0 Å². The lowest BCUT2D eigenvalue weighted by molar-refractivity contribution is -0.148. The molecule has 0 amide bonds. The van der Waals surface area contributed by atoms with Crippen molar-refractivity contribution in [2.75, 3.05) is 0 Å². The molecule has 2 aliphatic rings. The molecule has 6 heteroatoms. The first-order valence-corrected chi connectivity index (χ1v) is 13.1. The van der Waals surface area contributed by atoms with E-state index >= 15 is 0 Å². The van der Waals surface area contributed by atoms with Gasteiger partial charge in [-0.1, -0.05) is 37.8 Å². The monoisotopic (exact) mass is 476 g/mol. The zero-order valence-electron chi connectivity index (χ0n) is 21.5. The number of carboxylic acid groups (broad SMARTS) is 2. The van der Waals surface area contributed by atoms with E-state index in [1.54, 1.807) is 27.7 Å². The van der Waals surface area contributed by atoms with Gasteiger partial charge in [0.25, 0.3) is 0 Å². The van der Waals surface area contributed by atoms with Gasteiger partial charge in [0.1, 0.15) is 11.6 Å². The third-order valence-electron chi connectivity index (χ3n) is 8.13. The van der Waals surface area contributed by atoms with E-state index in [0.717, 1.165) is 64.2 Å². The Kier molecular flexibility index (Phi) is 10.1. The highest BCUT2D eigenvalue weighted by atomic mass is 16.4. The van der Waals surface area contributed by atoms with Crippen molar-refractivity contribution >= 4 is 23.5 Å². The van der Waals surface area contributed by atoms with Crippen molar-refractivity contribution < 1.29 is 29.4 Å². The number of ketones is 2. The number of carbonyl (C=O) groups excluding carboxylic acids is 2. The average molecular weight is 477 g/mol. The molecular formula is C28H44O6. The van der Waals surface area contributed by atoms with Crippen LogP contribution in [0.1, 0.15) is 105 Å². The molecule has 2 saturated carbocycles. The van der Waals surface area contributed by atoms with Gasteiger partial charge in [-0.25, -0.2) is 0 Å². The zero-order valence-corrected chi connectivity index (χ0v) is 21.5. The maximum absolute atomic E-state index is 12.8. The minimum atomic E-state index is -0.777. The Labute approximate surface area is 204 Å². The zero-order chi connectivity index (χ0) is 25.5. The second-order valence-electron chi connectivity index (χ2n) is 11.8. The predicted molar refractivity (Wildman–Crippen MR) is 131 cm³/mol. The predicted octanol–water partition coefficient (Wildman–Crippen LogP) is 6.08. The van der Waals surface area contributed by atoms with Gasteiger partial charge in [-0.05, 0) is 79.1 Å². The Morgan fingerprint density at radius 2 is 1.06 bits per heavy atom. The lowest BCUT2D eigenvalue weighted by atomic mass is 9.86. The van der Waals surface area contributed by atoms with Gasteiger partial charge in [-0.3, -0.25) is 19.2 Å². The van der Waals surface area contributed by atoms with Crippen molar-refractivity contribution in [1.29, 1.82) is 0 Å². The lowest BCUT2D eigenvalue weighted by Crippen LogP contribution is -2.23. The van der Waals surface area contributed by atoms with Crippen LogP contribution >= 0.6 is 0 Å². The van der Waals surface area contributed by atoms with Gasteiger partial charge in [-0.15, -0.1) is 0 Å². The summed E-state index contributed by atoms with van der Waals surface area (Å²) in [4.78, 5) is 48.0. The SMILES string of the molecule is CC(C)(CCCCC1CCC(/C=C/C2CCC(CCCCC(C)(C)C(=O)O)C2=O)C1=O)C(=O)O. The fourth-order valence-corrected chi connectivity index (χ4v) is 5.29. The van der Waals surface area contributed by atoms with Gasteiger partial charge in [0.05, 0.1) is 10.8 Å². The second kappa shape index (κ2) is 12.1. The van der Waals surface area contributed by atoms with Crippen molar-refractivity contribution in [2.45, 2.75) is 105 Å². The van der Waals surface area contributed by atoms with E-state index in [1.807, 2.05) is 12.2 Å². The molecule has 0 aromatic carbocycles. The van der Waals surface area contributed by atoms with Gasteiger partial charge >= 0.3 is 11.9 Å². The maximum Gasteiger partial charge on any atom is 0.309 e. The molecule has 4 unspecified atom stereocenters. The molecule has 4 atom stereocenters.